The van der Waals surface area contributed by atoms with E-state index in [1.165, 1.54) is 29.5 Å². The largest absolute Gasteiger partial charge is 2.00 e. The molecule has 0 unspecified atom stereocenters. The van der Waals surface area contributed by atoms with E-state index in [4.69, 9.17) is 0 Å². The third-order valence-electron chi connectivity index (χ3n) is 2.54. The number of halogens is 1. The Hall–Kier alpha value is -0.314. The molecule has 2 heteroatoms. The molecule has 0 saturated carbocycles. The molecule has 0 aromatic heterocycles. The van der Waals surface area contributed by atoms with Gasteiger partial charge in [0, 0.05) is 0 Å². The van der Waals surface area contributed by atoms with E-state index in [-0.39, 0.29) is 40.0 Å². The van der Waals surface area contributed by atoms with Crippen LogP contribution in [0.5, 0.6) is 0 Å². The van der Waals surface area contributed by atoms with E-state index in [1.54, 1.807) is 0 Å². The van der Waals surface area contributed by atoms with Gasteiger partial charge in [0.05, 0.1) is 0 Å². The van der Waals surface area contributed by atoms with Crippen LogP contribution in [0.4, 0.5) is 0 Å². The molecule has 2 rings (SSSR count). The quantitative estimate of drug-likeness (QED) is 0.579. The SMILES string of the molecule is CCCc1ccc(-c2cc[c-]cc2)cc1.[Br-].[Mg+2]. The van der Waals surface area contributed by atoms with Crippen molar-refractivity contribution in [2.75, 3.05) is 0 Å². The van der Waals surface area contributed by atoms with Gasteiger partial charge >= 0.3 is 23.1 Å². The zero-order valence-electron chi connectivity index (χ0n) is 10.1. The first-order valence-corrected chi connectivity index (χ1v) is 5.45. The molecule has 0 fully saturated rings. The number of hydrogen-bond donors (Lipinski definition) is 0. The Morgan fingerprint density at radius 3 is 1.94 bits per heavy atom. The molecule has 0 atom stereocenters. The van der Waals surface area contributed by atoms with E-state index < -0.39 is 0 Å². The zero-order chi connectivity index (χ0) is 10.5. The second kappa shape index (κ2) is 8.73. The number of rotatable bonds is 3. The van der Waals surface area contributed by atoms with E-state index in [9.17, 15) is 0 Å². The number of aryl methyl sites for hydroxylation is 1. The fourth-order valence-corrected chi connectivity index (χ4v) is 1.73. The van der Waals surface area contributed by atoms with Gasteiger partial charge in [-0.2, -0.15) is 30.3 Å². The van der Waals surface area contributed by atoms with Crippen LogP contribution in [-0.4, -0.2) is 23.1 Å². The number of benzene rings is 2. The summed E-state index contributed by atoms with van der Waals surface area (Å²) in [4.78, 5) is 0. The van der Waals surface area contributed by atoms with Crippen molar-refractivity contribution in [3.05, 3.63) is 60.2 Å². The molecule has 0 radical (unpaired) electrons. The molecular weight excluding hydrogens is 284 g/mol. The second-order valence-corrected chi connectivity index (χ2v) is 3.74. The van der Waals surface area contributed by atoms with Crippen LogP contribution >= 0.6 is 0 Å². The van der Waals surface area contributed by atoms with E-state index in [0.717, 1.165) is 0 Å². The molecule has 0 nitrogen and oxygen atoms in total. The van der Waals surface area contributed by atoms with E-state index in [1.807, 2.05) is 12.1 Å². The van der Waals surface area contributed by atoms with Gasteiger partial charge in [-0.1, -0.05) is 37.6 Å². The Bertz CT molecular complexity index is 409. The molecule has 0 aliphatic rings. The van der Waals surface area contributed by atoms with Gasteiger partial charge in [-0.25, -0.2) is 0 Å². The van der Waals surface area contributed by atoms with Gasteiger partial charge in [-0.15, -0.1) is 5.56 Å². The van der Waals surface area contributed by atoms with Crippen LogP contribution < -0.4 is 17.0 Å². The van der Waals surface area contributed by atoms with Crippen LogP contribution in [0.1, 0.15) is 18.9 Å². The zero-order valence-corrected chi connectivity index (χ0v) is 13.1. The minimum absolute atomic E-state index is 0. The maximum Gasteiger partial charge on any atom is 2.00 e. The van der Waals surface area contributed by atoms with Crippen LogP contribution in [0.2, 0.25) is 0 Å². The smallest absolute Gasteiger partial charge is 1.00 e. The standard InChI is InChI=1S/C15H15.BrH.Mg/c1-2-6-13-9-11-15(12-10-13)14-7-4-3-5-8-14;;/h4-5,7-12H,2,6H2,1H3;1H;/q-1;;+2/p-1. The first-order chi connectivity index (χ1) is 7.40. The normalized spacial score (nSPS) is 9.00. The van der Waals surface area contributed by atoms with Gasteiger partial charge in [0.1, 0.15) is 0 Å². The van der Waals surface area contributed by atoms with Gasteiger partial charge in [-0.05, 0) is 17.5 Å². The van der Waals surface area contributed by atoms with Gasteiger partial charge < -0.3 is 17.0 Å². The summed E-state index contributed by atoms with van der Waals surface area (Å²) in [6, 6.07) is 20.0. The fraction of sp³-hybridized carbons (Fsp3) is 0.200. The summed E-state index contributed by atoms with van der Waals surface area (Å²) < 4.78 is 0. The summed E-state index contributed by atoms with van der Waals surface area (Å²) >= 11 is 0. The molecular formula is C15H15BrMg. The van der Waals surface area contributed by atoms with E-state index in [2.05, 4.69) is 49.4 Å². The Labute approximate surface area is 130 Å². The fourth-order valence-electron chi connectivity index (χ4n) is 1.73. The maximum absolute atomic E-state index is 3.03. The minimum Gasteiger partial charge on any atom is -1.00 e. The number of hydrogen-bond acceptors (Lipinski definition) is 0. The molecule has 0 aliphatic carbocycles. The second-order valence-electron chi connectivity index (χ2n) is 3.74. The Balaban J connectivity index is 0.00000128. The topological polar surface area (TPSA) is 0 Å². The first-order valence-electron chi connectivity index (χ1n) is 5.45. The first kappa shape index (κ1) is 16.7. The van der Waals surface area contributed by atoms with Crippen LogP contribution in [0.15, 0.2) is 48.5 Å². The summed E-state index contributed by atoms with van der Waals surface area (Å²) in [5, 5.41) is 0. The average Bonchev–Trinajstić information content (AvgIpc) is 2.32. The van der Waals surface area contributed by atoms with E-state index >= 15 is 0 Å². The third kappa shape index (κ3) is 4.82. The van der Waals surface area contributed by atoms with Crippen molar-refractivity contribution in [1.82, 2.24) is 0 Å². The predicted octanol–water partition coefficient (Wildman–Crippen LogP) is 0.729. The summed E-state index contributed by atoms with van der Waals surface area (Å²) in [5.41, 5.74) is 3.96. The van der Waals surface area contributed by atoms with Gasteiger partial charge in [0.25, 0.3) is 0 Å². The average molecular weight is 299 g/mol. The monoisotopic (exact) mass is 298 g/mol. The van der Waals surface area contributed by atoms with Crippen LogP contribution in [0.25, 0.3) is 11.1 Å². The molecule has 0 amide bonds. The van der Waals surface area contributed by atoms with Gasteiger partial charge in [0.15, 0.2) is 0 Å². The third-order valence-corrected chi connectivity index (χ3v) is 2.54. The molecule has 0 saturated heterocycles. The molecule has 2 aromatic rings. The molecule has 0 spiro atoms. The summed E-state index contributed by atoms with van der Waals surface area (Å²) in [6.45, 7) is 2.21. The molecule has 17 heavy (non-hydrogen) atoms. The van der Waals surface area contributed by atoms with E-state index in [0.29, 0.717) is 0 Å². The molecule has 2 aromatic carbocycles. The molecule has 0 N–H and O–H groups in total. The van der Waals surface area contributed by atoms with Crippen molar-refractivity contribution in [2.45, 2.75) is 19.8 Å². The van der Waals surface area contributed by atoms with Gasteiger partial charge in [0.2, 0.25) is 0 Å². The summed E-state index contributed by atoms with van der Waals surface area (Å²) in [6.07, 6.45) is 2.38. The van der Waals surface area contributed by atoms with Crippen LogP contribution in [-0.2, 0) is 6.42 Å². The van der Waals surface area contributed by atoms with Gasteiger partial charge in [-0.3, -0.25) is 0 Å². The van der Waals surface area contributed by atoms with Crippen LogP contribution in [0, 0.1) is 6.07 Å². The Kier molecular flexibility index (Phi) is 8.57. The van der Waals surface area contributed by atoms with Crippen molar-refractivity contribution < 1.29 is 17.0 Å². The van der Waals surface area contributed by atoms with Crippen molar-refractivity contribution in [1.29, 1.82) is 0 Å². The summed E-state index contributed by atoms with van der Waals surface area (Å²) in [5.74, 6) is 0. The Morgan fingerprint density at radius 2 is 1.41 bits per heavy atom. The maximum atomic E-state index is 3.03. The predicted molar refractivity (Wildman–Crippen MR) is 70.5 cm³/mol. The Morgan fingerprint density at radius 1 is 0.882 bits per heavy atom. The van der Waals surface area contributed by atoms with Crippen molar-refractivity contribution in [3.63, 3.8) is 0 Å². The molecule has 0 aliphatic heterocycles. The van der Waals surface area contributed by atoms with Crippen LogP contribution in [0.3, 0.4) is 0 Å². The van der Waals surface area contributed by atoms with Crippen molar-refractivity contribution in [2.24, 2.45) is 0 Å². The van der Waals surface area contributed by atoms with Crippen molar-refractivity contribution >= 4 is 23.1 Å². The minimum atomic E-state index is 0. The molecule has 84 valence electrons. The molecule has 0 bridgehead atoms. The molecule has 0 heterocycles. The summed E-state index contributed by atoms with van der Waals surface area (Å²) in [7, 11) is 0. The van der Waals surface area contributed by atoms with Crippen molar-refractivity contribution in [3.8, 4) is 11.1 Å².